The van der Waals surface area contributed by atoms with Crippen LogP contribution in [0.25, 0.3) is 10.8 Å². The molecule has 0 aliphatic carbocycles. The van der Waals surface area contributed by atoms with Gasteiger partial charge in [-0.2, -0.15) is 12.6 Å². The average Bonchev–Trinajstić information content (AvgIpc) is 2.75. The number of thiol groups is 1. The minimum atomic E-state index is 0.484. The van der Waals surface area contributed by atoms with Crippen molar-refractivity contribution in [2.45, 2.75) is 5.75 Å². The third kappa shape index (κ3) is 1.37. The molecular weight excluding hydrogens is 192 g/mol. The normalized spacial score (nSPS) is 10.4. The van der Waals surface area contributed by atoms with Crippen molar-refractivity contribution in [3.05, 3.63) is 23.4 Å². The highest BCUT2D eigenvalue weighted by Gasteiger charge is 2.06. The van der Waals surface area contributed by atoms with Crippen LogP contribution in [-0.2, 0) is 5.75 Å². The molecule has 0 bridgehead atoms. The Balaban J connectivity index is 2.35. The van der Waals surface area contributed by atoms with Gasteiger partial charge in [-0.05, 0) is 11.4 Å². The molecule has 2 rings (SSSR count). The predicted molar refractivity (Wildman–Crippen MR) is 50.3 cm³/mol. The fraction of sp³-hybridized carbons (Fsp3) is 0.143. The Hall–Kier alpha value is -0.810. The Labute approximate surface area is 78.9 Å². The maximum Gasteiger partial charge on any atom is 0.257 e. The van der Waals surface area contributed by atoms with E-state index in [2.05, 4.69) is 22.8 Å². The van der Waals surface area contributed by atoms with Gasteiger partial charge < -0.3 is 4.42 Å². The topological polar surface area (TPSA) is 38.9 Å². The van der Waals surface area contributed by atoms with Crippen molar-refractivity contribution < 1.29 is 4.42 Å². The van der Waals surface area contributed by atoms with Gasteiger partial charge in [0.05, 0.1) is 10.6 Å². The van der Waals surface area contributed by atoms with E-state index < -0.39 is 0 Å². The van der Waals surface area contributed by atoms with Crippen LogP contribution in [0.2, 0.25) is 0 Å². The molecule has 0 saturated heterocycles. The molecule has 62 valence electrons. The van der Waals surface area contributed by atoms with Crippen LogP contribution < -0.4 is 0 Å². The van der Waals surface area contributed by atoms with Crippen LogP contribution in [0.4, 0.5) is 0 Å². The number of thiophene rings is 1. The van der Waals surface area contributed by atoms with Crippen molar-refractivity contribution in [3.63, 3.8) is 0 Å². The SMILES string of the molecule is SCc1nnc(-c2cccs2)o1. The highest BCUT2D eigenvalue weighted by Crippen LogP contribution is 2.22. The second-order valence-electron chi connectivity index (χ2n) is 2.14. The van der Waals surface area contributed by atoms with E-state index in [1.54, 1.807) is 11.3 Å². The lowest BCUT2D eigenvalue weighted by molar-refractivity contribution is 0.530. The van der Waals surface area contributed by atoms with Crippen LogP contribution in [0.3, 0.4) is 0 Å². The molecule has 2 heterocycles. The van der Waals surface area contributed by atoms with Gasteiger partial charge in [0.1, 0.15) is 0 Å². The summed E-state index contributed by atoms with van der Waals surface area (Å²) in [6.07, 6.45) is 0. The number of nitrogens with zero attached hydrogens (tertiary/aromatic N) is 2. The van der Waals surface area contributed by atoms with E-state index in [4.69, 9.17) is 4.42 Å². The molecule has 0 spiro atoms. The Morgan fingerprint density at radius 1 is 1.50 bits per heavy atom. The smallest absolute Gasteiger partial charge is 0.257 e. The molecule has 0 aliphatic rings. The minimum Gasteiger partial charge on any atom is -0.419 e. The standard InChI is InChI=1S/C7H6N2OS2/c11-4-6-8-9-7(10-6)5-2-1-3-12-5/h1-3,11H,4H2. The van der Waals surface area contributed by atoms with Crippen LogP contribution in [0.15, 0.2) is 21.9 Å². The summed E-state index contributed by atoms with van der Waals surface area (Å²) in [5.41, 5.74) is 0. The Kier molecular flexibility index (Phi) is 2.14. The lowest BCUT2D eigenvalue weighted by atomic mass is 10.5. The first-order valence-corrected chi connectivity index (χ1v) is 4.88. The predicted octanol–water partition coefficient (Wildman–Crippen LogP) is 2.23. The van der Waals surface area contributed by atoms with E-state index in [0.717, 1.165) is 4.88 Å². The molecule has 2 aromatic heterocycles. The maximum atomic E-state index is 5.29. The number of hydrogen-bond acceptors (Lipinski definition) is 5. The van der Waals surface area contributed by atoms with Gasteiger partial charge in [0.25, 0.3) is 5.89 Å². The molecule has 0 atom stereocenters. The monoisotopic (exact) mass is 198 g/mol. The van der Waals surface area contributed by atoms with Crippen molar-refractivity contribution in [1.29, 1.82) is 0 Å². The summed E-state index contributed by atoms with van der Waals surface area (Å²) in [5.74, 6) is 1.62. The third-order valence-corrected chi connectivity index (χ3v) is 2.46. The van der Waals surface area contributed by atoms with E-state index in [1.165, 1.54) is 0 Å². The highest BCUT2D eigenvalue weighted by atomic mass is 32.1. The van der Waals surface area contributed by atoms with Crippen molar-refractivity contribution in [1.82, 2.24) is 10.2 Å². The van der Waals surface area contributed by atoms with Crippen LogP contribution >= 0.6 is 24.0 Å². The fourth-order valence-electron chi connectivity index (χ4n) is 0.817. The van der Waals surface area contributed by atoms with E-state index in [9.17, 15) is 0 Å². The van der Waals surface area contributed by atoms with Crippen LogP contribution in [0, 0.1) is 0 Å². The van der Waals surface area contributed by atoms with Crippen LogP contribution in [0.1, 0.15) is 5.89 Å². The molecule has 0 fully saturated rings. The molecule has 5 heteroatoms. The van der Waals surface area contributed by atoms with E-state index in [1.807, 2.05) is 17.5 Å². The average molecular weight is 198 g/mol. The summed E-state index contributed by atoms with van der Waals surface area (Å²) in [6, 6.07) is 3.89. The Bertz CT molecular complexity index is 355. The largest absolute Gasteiger partial charge is 0.419 e. The summed E-state index contributed by atoms with van der Waals surface area (Å²) >= 11 is 5.61. The molecule has 0 saturated carbocycles. The maximum absolute atomic E-state index is 5.29. The van der Waals surface area contributed by atoms with Gasteiger partial charge >= 0.3 is 0 Å². The lowest BCUT2D eigenvalue weighted by Crippen LogP contribution is -1.74. The molecule has 3 nitrogen and oxygen atoms in total. The summed E-state index contributed by atoms with van der Waals surface area (Å²) in [6.45, 7) is 0. The van der Waals surface area contributed by atoms with E-state index >= 15 is 0 Å². The van der Waals surface area contributed by atoms with Crippen molar-refractivity contribution in [2.75, 3.05) is 0 Å². The number of rotatable bonds is 2. The second kappa shape index (κ2) is 3.28. The molecule has 0 aliphatic heterocycles. The van der Waals surface area contributed by atoms with Crippen molar-refractivity contribution >= 4 is 24.0 Å². The molecular formula is C7H6N2OS2. The van der Waals surface area contributed by atoms with E-state index in [0.29, 0.717) is 17.5 Å². The van der Waals surface area contributed by atoms with Crippen molar-refractivity contribution in [2.24, 2.45) is 0 Å². The van der Waals surface area contributed by atoms with Crippen LogP contribution in [0.5, 0.6) is 0 Å². The first-order valence-electron chi connectivity index (χ1n) is 3.37. The summed E-state index contributed by atoms with van der Waals surface area (Å²) in [5, 5.41) is 9.65. The lowest BCUT2D eigenvalue weighted by Gasteiger charge is -1.84. The molecule has 12 heavy (non-hydrogen) atoms. The summed E-state index contributed by atoms with van der Waals surface area (Å²) < 4.78 is 5.29. The van der Waals surface area contributed by atoms with Gasteiger partial charge in [0, 0.05) is 0 Å². The zero-order chi connectivity index (χ0) is 8.39. The Morgan fingerprint density at radius 3 is 3.00 bits per heavy atom. The number of aromatic nitrogens is 2. The van der Waals surface area contributed by atoms with E-state index in [-0.39, 0.29) is 0 Å². The Morgan fingerprint density at radius 2 is 2.42 bits per heavy atom. The molecule has 2 aromatic rings. The summed E-state index contributed by atoms with van der Waals surface area (Å²) in [4.78, 5) is 0.996. The first kappa shape index (κ1) is 7.82. The van der Waals surface area contributed by atoms with Gasteiger partial charge in [-0.15, -0.1) is 21.5 Å². The molecule has 0 N–H and O–H groups in total. The van der Waals surface area contributed by atoms with Crippen LogP contribution in [-0.4, -0.2) is 10.2 Å². The fourth-order valence-corrected chi connectivity index (χ4v) is 1.59. The molecule has 0 unspecified atom stereocenters. The molecule has 0 radical (unpaired) electrons. The number of hydrogen-bond donors (Lipinski definition) is 1. The first-order chi connectivity index (χ1) is 5.90. The van der Waals surface area contributed by atoms with Gasteiger partial charge in [-0.1, -0.05) is 6.07 Å². The zero-order valence-electron chi connectivity index (χ0n) is 6.10. The molecule has 0 amide bonds. The quantitative estimate of drug-likeness (QED) is 0.752. The van der Waals surface area contributed by atoms with Crippen molar-refractivity contribution in [3.8, 4) is 10.8 Å². The summed E-state index contributed by atoms with van der Waals surface area (Å²) in [7, 11) is 0. The zero-order valence-corrected chi connectivity index (χ0v) is 7.81. The van der Waals surface area contributed by atoms with Gasteiger partial charge in [0.15, 0.2) is 0 Å². The minimum absolute atomic E-state index is 0.484. The molecule has 0 aromatic carbocycles. The van der Waals surface area contributed by atoms with Gasteiger partial charge in [-0.3, -0.25) is 0 Å². The second-order valence-corrected chi connectivity index (χ2v) is 3.40. The van der Waals surface area contributed by atoms with Gasteiger partial charge in [0.2, 0.25) is 5.89 Å². The van der Waals surface area contributed by atoms with Gasteiger partial charge in [-0.25, -0.2) is 0 Å². The third-order valence-electron chi connectivity index (χ3n) is 1.33. The highest BCUT2D eigenvalue weighted by molar-refractivity contribution is 7.79.